The van der Waals surface area contributed by atoms with Gasteiger partial charge >= 0.3 is 0 Å². The molecule has 4 heteroatoms. The molecule has 130 valence electrons. The Balaban J connectivity index is 1.98. The molecule has 0 amide bonds. The highest BCUT2D eigenvalue weighted by molar-refractivity contribution is 5.21. The van der Waals surface area contributed by atoms with Crippen molar-refractivity contribution >= 4 is 0 Å². The van der Waals surface area contributed by atoms with Crippen LogP contribution in [0.5, 0.6) is 5.75 Å². The van der Waals surface area contributed by atoms with Crippen molar-refractivity contribution in [2.45, 2.75) is 51.2 Å². The van der Waals surface area contributed by atoms with Crippen LogP contribution in [0.15, 0.2) is 30.3 Å². The minimum Gasteiger partial charge on any atom is -0.490 e. The smallest absolute Gasteiger partial charge is 0.134 e. The van der Waals surface area contributed by atoms with Gasteiger partial charge in [0, 0.05) is 19.1 Å². The number of benzene rings is 1. The highest BCUT2D eigenvalue weighted by Crippen LogP contribution is 2.21. The number of para-hydroxylation sites is 1. The summed E-state index contributed by atoms with van der Waals surface area (Å²) in [4.78, 5) is 2.40. The van der Waals surface area contributed by atoms with Crippen LogP contribution in [0.3, 0.4) is 0 Å². The van der Waals surface area contributed by atoms with Crippen LogP contribution >= 0.6 is 0 Å². The van der Waals surface area contributed by atoms with E-state index in [1.807, 2.05) is 30.3 Å². The molecule has 1 aromatic carbocycles. The second kappa shape index (κ2) is 9.26. The average molecular weight is 321 g/mol. The Morgan fingerprint density at radius 3 is 2.57 bits per heavy atom. The highest BCUT2D eigenvalue weighted by Gasteiger charge is 2.35. The number of hydrogen-bond acceptors (Lipinski definition) is 4. The summed E-state index contributed by atoms with van der Waals surface area (Å²) >= 11 is 0. The molecular weight excluding hydrogens is 290 g/mol. The predicted molar refractivity (Wildman–Crippen MR) is 92.9 cm³/mol. The molecule has 1 heterocycles. The number of β-amino-alcohol motifs (C(OH)–C–C–N with tert-alkyl or cyclic N) is 1. The molecule has 0 radical (unpaired) electrons. The zero-order valence-electron chi connectivity index (χ0n) is 14.5. The lowest BCUT2D eigenvalue weighted by atomic mass is 10.0. The molecule has 1 fully saturated rings. The molecule has 1 N–H and O–H groups in total. The van der Waals surface area contributed by atoms with Gasteiger partial charge in [-0.25, -0.2) is 0 Å². The van der Waals surface area contributed by atoms with E-state index in [1.165, 1.54) is 25.7 Å². The maximum atomic E-state index is 11.0. The van der Waals surface area contributed by atoms with Gasteiger partial charge in [-0.3, -0.25) is 4.90 Å². The van der Waals surface area contributed by atoms with Crippen molar-refractivity contribution < 1.29 is 14.6 Å². The highest BCUT2D eigenvalue weighted by atomic mass is 16.5. The lowest BCUT2D eigenvalue weighted by molar-refractivity contribution is -0.0676. The van der Waals surface area contributed by atoms with E-state index in [9.17, 15) is 5.11 Å². The second-order valence-electron chi connectivity index (χ2n) is 6.58. The average Bonchev–Trinajstić information content (AvgIpc) is 2.76. The number of rotatable bonds is 8. The van der Waals surface area contributed by atoms with E-state index in [0.717, 1.165) is 12.3 Å². The van der Waals surface area contributed by atoms with Gasteiger partial charge in [0.2, 0.25) is 0 Å². The molecular formula is C19H31NO3. The Hall–Kier alpha value is -1.10. The molecule has 0 bridgehead atoms. The molecule has 1 aromatic rings. The molecule has 0 spiro atoms. The van der Waals surface area contributed by atoms with E-state index < -0.39 is 5.60 Å². The van der Waals surface area contributed by atoms with Gasteiger partial charge in [0.05, 0.1) is 13.2 Å². The topological polar surface area (TPSA) is 41.9 Å². The minimum atomic E-state index is -0.952. The predicted octanol–water partition coefficient (Wildman–Crippen LogP) is 3.10. The first-order valence-corrected chi connectivity index (χ1v) is 8.89. The van der Waals surface area contributed by atoms with Crippen molar-refractivity contribution in [1.82, 2.24) is 4.90 Å². The summed E-state index contributed by atoms with van der Waals surface area (Å²) in [6, 6.07) is 10.2. The molecule has 1 aliphatic rings. The van der Waals surface area contributed by atoms with Crippen LogP contribution in [-0.2, 0) is 4.74 Å². The summed E-state index contributed by atoms with van der Waals surface area (Å²) in [5.41, 5.74) is -0.952. The standard InChI is InChI=1S/C19H31NO3/c1-3-8-17(9-4-2)20-12-13-22-15-19(21,14-20)16-23-18-10-6-5-7-11-18/h5-7,10-11,17,21H,3-4,8-9,12-16H2,1-2H3. The van der Waals surface area contributed by atoms with E-state index in [2.05, 4.69) is 18.7 Å². The molecule has 2 rings (SSSR count). The van der Waals surface area contributed by atoms with Gasteiger partial charge in [-0.2, -0.15) is 0 Å². The van der Waals surface area contributed by atoms with Crippen LogP contribution in [-0.4, -0.2) is 54.6 Å². The molecule has 23 heavy (non-hydrogen) atoms. The van der Waals surface area contributed by atoms with Gasteiger partial charge in [-0.05, 0) is 25.0 Å². The third kappa shape index (κ3) is 5.79. The fourth-order valence-electron chi connectivity index (χ4n) is 3.26. The van der Waals surface area contributed by atoms with E-state index in [1.54, 1.807) is 0 Å². The summed E-state index contributed by atoms with van der Waals surface area (Å²) in [6.07, 6.45) is 4.68. The fraction of sp³-hybridized carbons (Fsp3) is 0.684. The summed E-state index contributed by atoms with van der Waals surface area (Å²) < 4.78 is 11.5. The maximum Gasteiger partial charge on any atom is 0.134 e. The zero-order chi connectivity index (χ0) is 16.5. The lowest BCUT2D eigenvalue weighted by Crippen LogP contribution is -2.51. The summed E-state index contributed by atoms with van der Waals surface area (Å²) in [5.74, 6) is 0.787. The van der Waals surface area contributed by atoms with Gasteiger partial charge in [-0.15, -0.1) is 0 Å². The fourth-order valence-corrected chi connectivity index (χ4v) is 3.26. The number of nitrogens with zero attached hydrogens (tertiary/aromatic N) is 1. The first-order chi connectivity index (χ1) is 11.2. The van der Waals surface area contributed by atoms with Crippen LogP contribution in [0.2, 0.25) is 0 Å². The monoisotopic (exact) mass is 321 g/mol. The third-order valence-electron chi connectivity index (χ3n) is 4.40. The Morgan fingerprint density at radius 2 is 1.91 bits per heavy atom. The maximum absolute atomic E-state index is 11.0. The van der Waals surface area contributed by atoms with E-state index >= 15 is 0 Å². The van der Waals surface area contributed by atoms with Gasteiger partial charge < -0.3 is 14.6 Å². The van der Waals surface area contributed by atoms with Crippen molar-refractivity contribution in [2.75, 3.05) is 32.9 Å². The minimum absolute atomic E-state index is 0.262. The Morgan fingerprint density at radius 1 is 1.22 bits per heavy atom. The molecule has 1 unspecified atom stereocenters. The Labute approximate surface area is 140 Å². The van der Waals surface area contributed by atoms with Crippen molar-refractivity contribution in [1.29, 1.82) is 0 Å². The summed E-state index contributed by atoms with van der Waals surface area (Å²) in [7, 11) is 0. The van der Waals surface area contributed by atoms with Crippen LogP contribution in [0.4, 0.5) is 0 Å². The first kappa shape index (κ1) is 18.2. The molecule has 0 aliphatic carbocycles. The lowest BCUT2D eigenvalue weighted by Gasteiger charge is -2.35. The SMILES string of the molecule is CCCC(CCC)N1CCOCC(O)(COc2ccccc2)C1. The van der Waals surface area contributed by atoms with Crippen LogP contribution in [0.1, 0.15) is 39.5 Å². The largest absolute Gasteiger partial charge is 0.490 e. The first-order valence-electron chi connectivity index (χ1n) is 8.89. The number of hydrogen-bond donors (Lipinski definition) is 1. The molecule has 0 aromatic heterocycles. The van der Waals surface area contributed by atoms with Gasteiger partial charge in [-0.1, -0.05) is 44.9 Å². The number of ether oxygens (including phenoxy) is 2. The molecule has 1 atom stereocenters. The molecule has 1 saturated heterocycles. The molecule has 4 nitrogen and oxygen atoms in total. The van der Waals surface area contributed by atoms with E-state index in [4.69, 9.17) is 9.47 Å². The van der Waals surface area contributed by atoms with Gasteiger partial charge in [0.15, 0.2) is 0 Å². The second-order valence-corrected chi connectivity index (χ2v) is 6.58. The van der Waals surface area contributed by atoms with Gasteiger partial charge in [0.1, 0.15) is 18.0 Å². The van der Waals surface area contributed by atoms with E-state index in [0.29, 0.717) is 25.8 Å². The summed E-state index contributed by atoms with van der Waals surface area (Å²) in [6.45, 7) is 7.23. The zero-order valence-corrected chi connectivity index (χ0v) is 14.5. The normalized spacial score (nSPS) is 23.0. The third-order valence-corrected chi connectivity index (χ3v) is 4.40. The van der Waals surface area contributed by atoms with Crippen molar-refractivity contribution in [3.8, 4) is 5.75 Å². The van der Waals surface area contributed by atoms with Crippen LogP contribution in [0, 0.1) is 0 Å². The molecule has 1 aliphatic heterocycles. The van der Waals surface area contributed by atoms with Crippen LogP contribution in [0.25, 0.3) is 0 Å². The van der Waals surface area contributed by atoms with Crippen molar-refractivity contribution in [3.05, 3.63) is 30.3 Å². The van der Waals surface area contributed by atoms with Gasteiger partial charge in [0.25, 0.3) is 0 Å². The quantitative estimate of drug-likeness (QED) is 0.799. The Kier molecular flexibility index (Phi) is 7.34. The molecule has 0 saturated carbocycles. The number of aliphatic hydroxyl groups is 1. The van der Waals surface area contributed by atoms with Crippen molar-refractivity contribution in [2.24, 2.45) is 0 Å². The van der Waals surface area contributed by atoms with Crippen molar-refractivity contribution in [3.63, 3.8) is 0 Å². The van der Waals surface area contributed by atoms with Crippen LogP contribution < -0.4 is 4.74 Å². The summed E-state index contributed by atoms with van der Waals surface area (Å²) in [5, 5.41) is 11.0. The van der Waals surface area contributed by atoms with E-state index in [-0.39, 0.29) is 6.61 Å². The Bertz CT molecular complexity index is 434.